The number of amides is 1. The van der Waals surface area contributed by atoms with Crippen LogP contribution < -0.4 is 14.8 Å². The van der Waals surface area contributed by atoms with Crippen LogP contribution >= 0.6 is 11.3 Å². The number of aryl methyl sites for hydroxylation is 1. The summed E-state index contributed by atoms with van der Waals surface area (Å²) in [5, 5.41) is 5.02. The molecule has 0 spiro atoms. The van der Waals surface area contributed by atoms with E-state index in [1.807, 2.05) is 43.5 Å². The first-order chi connectivity index (χ1) is 11.7. The quantitative estimate of drug-likeness (QED) is 0.710. The minimum absolute atomic E-state index is 0.0966. The predicted octanol–water partition coefficient (Wildman–Crippen LogP) is 3.84. The standard InChI is InChI=1S/C19H25NO3S/c1-3-22-17-9-7-15(14-18(17)23-4-2)11-12-20-19(21)10-8-16-6-5-13-24-16/h5-7,9,13-14H,3-4,8,10-12H2,1-2H3,(H,20,21). The summed E-state index contributed by atoms with van der Waals surface area (Å²) in [7, 11) is 0. The topological polar surface area (TPSA) is 47.6 Å². The van der Waals surface area contributed by atoms with Gasteiger partial charge in [0.15, 0.2) is 11.5 Å². The van der Waals surface area contributed by atoms with Gasteiger partial charge in [0.25, 0.3) is 0 Å². The Hall–Kier alpha value is -2.01. The predicted molar refractivity (Wildman–Crippen MR) is 98.1 cm³/mol. The van der Waals surface area contributed by atoms with Crippen LogP contribution in [-0.4, -0.2) is 25.7 Å². The molecule has 2 aromatic rings. The van der Waals surface area contributed by atoms with Crippen LogP contribution in [0.4, 0.5) is 0 Å². The molecule has 24 heavy (non-hydrogen) atoms. The van der Waals surface area contributed by atoms with Crippen molar-refractivity contribution in [3.63, 3.8) is 0 Å². The molecule has 1 amide bonds. The van der Waals surface area contributed by atoms with Crippen molar-refractivity contribution in [2.45, 2.75) is 33.1 Å². The highest BCUT2D eigenvalue weighted by Crippen LogP contribution is 2.28. The van der Waals surface area contributed by atoms with E-state index in [1.165, 1.54) is 4.88 Å². The van der Waals surface area contributed by atoms with E-state index in [0.29, 0.717) is 26.2 Å². The highest BCUT2D eigenvalue weighted by Gasteiger charge is 2.07. The summed E-state index contributed by atoms with van der Waals surface area (Å²) in [6.07, 6.45) is 2.12. The summed E-state index contributed by atoms with van der Waals surface area (Å²) in [6, 6.07) is 10.0. The average Bonchev–Trinajstić information content (AvgIpc) is 3.09. The average molecular weight is 347 g/mol. The van der Waals surface area contributed by atoms with Crippen LogP contribution in [0.2, 0.25) is 0 Å². The summed E-state index contributed by atoms with van der Waals surface area (Å²) >= 11 is 1.69. The van der Waals surface area contributed by atoms with E-state index in [1.54, 1.807) is 11.3 Å². The van der Waals surface area contributed by atoms with Gasteiger partial charge in [-0.2, -0.15) is 0 Å². The van der Waals surface area contributed by atoms with Crippen LogP contribution in [0.25, 0.3) is 0 Å². The fourth-order valence-corrected chi connectivity index (χ4v) is 3.09. The third-order valence-electron chi connectivity index (χ3n) is 3.52. The Balaban J connectivity index is 1.78. The molecule has 0 fully saturated rings. The fourth-order valence-electron chi connectivity index (χ4n) is 2.38. The van der Waals surface area contributed by atoms with Gasteiger partial charge in [-0.3, -0.25) is 4.79 Å². The largest absolute Gasteiger partial charge is 0.490 e. The van der Waals surface area contributed by atoms with Crippen molar-refractivity contribution >= 4 is 17.2 Å². The maximum Gasteiger partial charge on any atom is 0.220 e. The van der Waals surface area contributed by atoms with Crippen molar-refractivity contribution in [2.75, 3.05) is 19.8 Å². The van der Waals surface area contributed by atoms with Gasteiger partial charge in [-0.05, 0) is 55.8 Å². The Bertz CT molecular complexity index is 626. The van der Waals surface area contributed by atoms with Crippen molar-refractivity contribution in [3.8, 4) is 11.5 Å². The Labute approximate surface area is 147 Å². The molecule has 1 aromatic heterocycles. The van der Waals surface area contributed by atoms with Gasteiger partial charge in [0.2, 0.25) is 5.91 Å². The summed E-state index contributed by atoms with van der Waals surface area (Å²) < 4.78 is 11.2. The molecule has 0 aliphatic carbocycles. The number of benzene rings is 1. The molecular weight excluding hydrogens is 322 g/mol. The Kier molecular flexibility index (Phi) is 7.62. The van der Waals surface area contributed by atoms with E-state index in [0.717, 1.165) is 29.9 Å². The number of rotatable bonds is 10. The van der Waals surface area contributed by atoms with E-state index in [-0.39, 0.29) is 5.91 Å². The fraction of sp³-hybridized carbons (Fsp3) is 0.421. The first kappa shape index (κ1) is 18.3. The van der Waals surface area contributed by atoms with Crippen molar-refractivity contribution < 1.29 is 14.3 Å². The molecule has 0 bridgehead atoms. The van der Waals surface area contributed by atoms with E-state index in [9.17, 15) is 4.79 Å². The lowest BCUT2D eigenvalue weighted by Gasteiger charge is -2.12. The number of ether oxygens (including phenoxy) is 2. The monoisotopic (exact) mass is 347 g/mol. The van der Waals surface area contributed by atoms with Crippen molar-refractivity contribution in [2.24, 2.45) is 0 Å². The van der Waals surface area contributed by atoms with E-state index in [4.69, 9.17) is 9.47 Å². The summed E-state index contributed by atoms with van der Waals surface area (Å²) in [6.45, 7) is 5.75. The van der Waals surface area contributed by atoms with Crippen LogP contribution in [0, 0.1) is 0 Å². The number of hydrogen-bond acceptors (Lipinski definition) is 4. The van der Waals surface area contributed by atoms with Crippen molar-refractivity contribution in [1.82, 2.24) is 5.32 Å². The van der Waals surface area contributed by atoms with Gasteiger partial charge >= 0.3 is 0 Å². The maximum atomic E-state index is 11.9. The van der Waals surface area contributed by atoms with Gasteiger partial charge in [-0.1, -0.05) is 12.1 Å². The van der Waals surface area contributed by atoms with E-state index in [2.05, 4.69) is 11.4 Å². The van der Waals surface area contributed by atoms with E-state index < -0.39 is 0 Å². The van der Waals surface area contributed by atoms with Crippen LogP contribution in [0.3, 0.4) is 0 Å². The molecule has 0 radical (unpaired) electrons. The summed E-state index contributed by atoms with van der Waals surface area (Å²) in [4.78, 5) is 13.1. The Morgan fingerprint density at radius 3 is 2.58 bits per heavy atom. The molecule has 1 N–H and O–H groups in total. The second-order valence-corrected chi connectivity index (χ2v) is 6.36. The molecule has 1 aromatic carbocycles. The molecule has 0 unspecified atom stereocenters. The third-order valence-corrected chi connectivity index (χ3v) is 4.46. The number of carbonyl (C=O) groups excluding carboxylic acids is 1. The molecule has 0 aliphatic heterocycles. The molecule has 0 saturated carbocycles. The second kappa shape index (κ2) is 9.98. The molecular formula is C19H25NO3S. The number of thiophene rings is 1. The van der Waals surface area contributed by atoms with Gasteiger partial charge in [0.1, 0.15) is 0 Å². The third kappa shape index (κ3) is 5.89. The summed E-state index contributed by atoms with van der Waals surface area (Å²) in [5.74, 6) is 1.63. The zero-order valence-corrected chi connectivity index (χ0v) is 15.2. The molecule has 0 atom stereocenters. The van der Waals surface area contributed by atoms with Gasteiger partial charge < -0.3 is 14.8 Å². The second-order valence-electron chi connectivity index (χ2n) is 5.33. The van der Waals surface area contributed by atoms with Gasteiger partial charge in [0, 0.05) is 17.8 Å². The van der Waals surface area contributed by atoms with Crippen LogP contribution in [-0.2, 0) is 17.6 Å². The molecule has 0 saturated heterocycles. The Morgan fingerprint density at radius 2 is 1.88 bits per heavy atom. The lowest BCUT2D eigenvalue weighted by atomic mass is 10.1. The highest BCUT2D eigenvalue weighted by molar-refractivity contribution is 7.09. The molecule has 2 rings (SSSR count). The van der Waals surface area contributed by atoms with E-state index >= 15 is 0 Å². The molecule has 1 heterocycles. The number of nitrogens with one attached hydrogen (secondary N) is 1. The first-order valence-electron chi connectivity index (χ1n) is 8.40. The van der Waals surface area contributed by atoms with Gasteiger partial charge in [-0.25, -0.2) is 0 Å². The SMILES string of the molecule is CCOc1ccc(CCNC(=O)CCc2cccs2)cc1OCC. The zero-order chi connectivity index (χ0) is 17.2. The highest BCUT2D eigenvalue weighted by atomic mass is 32.1. The zero-order valence-electron chi connectivity index (χ0n) is 14.3. The number of carbonyl (C=O) groups is 1. The van der Waals surface area contributed by atoms with Gasteiger partial charge in [0.05, 0.1) is 13.2 Å². The first-order valence-corrected chi connectivity index (χ1v) is 9.28. The van der Waals surface area contributed by atoms with Crippen LogP contribution in [0.1, 0.15) is 30.7 Å². The minimum Gasteiger partial charge on any atom is -0.490 e. The van der Waals surface area contributed by atoms with Crippen LogP contribution in [0.15, 0.2) is 35.7 Å². The normalized spacial score (nSPS) is 10.4. The minimum atomic E-state index is 0.0966. The smallest absolute Gasteiger partial charge is 0.220 e. The summed E-state index contributed by atoms with van der Waals surface area (Å²) in [5.41, 5.74) is 1.13. The Morgan fingerprint density at radius 1 is 1.08 bits per heavy atom. The maximum absolute atomic E-state index is 11.9. The molecule has 130 valence electrons. The van der Waals surface area contributed by atoms with Crippen molar-refractivity contribution in [3.05, 3.63) is 46.2 Å². The van der Waals surface area contributed by atoms with Gasteiger partial charge in [-0.15, -0.1) is 11.3 Å². The lowest BCUT2D eigenvalue weighted by Crippen LogP contribution is -2.25. The molecule has 4 nitrogen and oxygen atoms in total. The lowest BCUT2D eigenvalue weighted by molar-refractivity contribution is -0.121. The van der Waals surface area contributed by atoms with Crippen molar-refractivity contribution in [1.29, 1.82) is 0 Å². The van der Waals surface area contributed by atoms with Crippen LogP contribution in [0.5, 0.6) is 11.5 Å². The molecule has 0 aliphatic rings. The number of hydrogen-bond donors (Lipinski definition) is 1. The molecule has 5 heteroatoms.